The van der Waals surface area contributed by atoms with Crippen LogP contribution in [-0.2, 0) is 0 Å². The van der Waals surface area contributed by atoms with Gasteiger partial charge < -0.3 is 9.52 Å². The maximum Gasteiger partial charge on any atom is 0.337 e. The van der Waals surface area contributed by atoms with E-state index in [0.717, 1.165) is 11.8 Å². The Morgan fingerprint density at radius 3 is 2.83 bits per heavy atom. The molecule has 0 aliphatic carbocycles. The number of benzene rings is 1. The van der Waals surface area contributed by atoms with Gasteiger partial charge >= 0.3 is 5.97 Å². The molecule has 2 aromatic rings. The van der Waals surface area contributed by atoms with Crippen LogP contribution in [0.15, 0.2) is 45.2 Å². The van der Waals surface area contributed by atoms with Gasteiger partial charge in [-0.1, -0.05) is 6.07 Å². The van der Waals surface area contributed by atoms with Gasteiger partial charge in [0.15, 0.2) is 0 Å². The van der Waals surface area contributed by atoms with Gasteiger partial charge in [-0.15, -0.1) is 0 Å². The fourth-order valence-corrected chi connectivity index (χ4v) is 2.20. The Morgan fingerprint density at radius 1 is 1.50 bits per heavy atom. The first-order valence-electron chi connectivity index (χ1n) is 4.67. The minimum atomic E-state index is -1.24. The number of hydrogen-bond donors (Lipinski definition) is 1. The molecule has 0 saturated carbocycles. The number of nitrogens with zero attached hydrogens (tertiary/aromatic N) is 2. The monoisotopic (exact) mass is 266 g/mol. The molecule has 0 bridgehead atoms. The first-order valence-corrected chi connectivity index (χ1v) is 5.49. The van der Waals surface area contributed by atoms with Crippen LogP contribution in [0.25, 0.3) is 0 Å². The summed E-state index contributed by atoms with van der Waals surface area (Å²) in [5.74, 6) is -1.24. The van der Waals surface area contributed by atoms with E-state index in [-0.39, 0.29) is 21.4 Å². The standard InChI is InChI=1S/C10H6N2O5S/c13-9(14)6-2-1-3-7(12(15)16)8(6)18-10-11-4-5-17-10/h1-5H,(H,13,14). The highest BCUT2D eigenvalue weighted by Crippen LogP contribution is 2.36. The van der Waals surface area contributed by atoms with E-state index in [9.17, 15) is 14.9 Å². The van der Waals surface area contributed by atoms with Crippen molar-refractivity contribution in [3.8, 4) is 0 Å². The first-order chi connectivity index (χ1) is 8.59. The summed E-state index contributed by atoms with van der Waals surface area (Å²) in [7, 11) is 0. The molecule has 1 N–H and O–H groups in total. The fourth-order valence-electron chi connectivity index (χ4n) is 1.29. The average molecular weight is 266 g/mol. The van der Waals surface area contributed by atoms with Crippen molar-refractivity contribution >= 4 is 23.4 Å². The lowest BCUT2D eigenvalue weighted by molar-refractivity contribution is -0.387. The Bertz CT molecular complexity index is 564. The van der Waals surface area contributed by atoms with Crippen LogP contribution in [0.5, 0.6) is 0 Å². The van der Waals surface area contributed by atoms with Crippen LogP contribution in [0.2, 0.25) is 0 Å². The number of nitro groups is 1. The SMILES string of the molecule is O=C(O)c1cccc([N+](=O)[O-])c1Sc1ncco1. The third-order valence-electron chi connectivity index (χ3n) is 2.02. The van der Waals surface area contributed by atoms with Crippen molar-refractivity contribution in [3.05, 3.63) is 46.3 Å². The van der Waals surface area contributed by atoms with Gasteiger partial charge in [-0.2, -0.15) is 0 Å². The summed E-state index contributed by atoms with van der Waals surface area (Å²) >= 11 is 0.804. The number of aromatic carboxylic acids is 1. The molecule has 0 radical (unpaired) electrons. The second kappa shape index (κ2) is 4.88. The quantitative estimate of drug-likeness (QED) is 0.668. The fraction of sp³-hybridized carbons (Fsp3) is 0. The number of carboxylic acids is 1. The highest BCUT2D eigenvalue weighted by molar-refractivity contribution is 7.99. The lowest BCUT2D eigenvalue weighted by atomic mass is 10.2. The van der Waals surface area contributed by atoms with Crippen molar-refractivity contribution in [2.24, 2.45) is 0 Å². The zero-order chi connectivity index (χ0) is 13.1. The van der Waals surface area contributed by atoms with Crippen molar-refractivity contribution in [2.45, 2.75) is 10.1 Å². The molecule has 2 rings (SSSR count). The average Bonchev–Trinajstić information content (AvgIpc) is 2.81. The third-order valence-corrected chi connectivity index (χ3v) is 3.03. The number of carboxylic acid groups (broad SMARTS) is 1. The highest BCUT2D eigenvalue weighted by Gasteiger charge is 2.23. The summed E-state index contributed by atoms with van der Waals surface area (Å²) < 4.78 is 4.94. The van der Waals surface area contributed by atoms with Gasteiger partial charge in [-0.25, -0.2) is 9.78 Å². The van der Waals surface area contributed by atoms with Crippen molar-refractivity contribution < 1.29 is 19.2 Å². The molecule has 1 heterocycles. The van der Waals surface area contributed by atoms with E-state index in [1.54, 1.807) is 0 Å². The van der Waals surface area contributed by atoms with Crippen LogP contribution in [-0.4, -0.2) is 21.0 Å². The van der Waals surface area contributed by atoms with Gasteiger partial charge in [0.1, 0.15) is 11.2 Å². The van der Waals surface area contributed by atoms with E-state index >= 15 is 0 Å². The van der Waals surface area contributed by atoms with Crippen LogP contribution in [0.3, 0.4) is 0 Å². The Hall–Kier alpha value is -2.35. The van der Waals surface area contributed by atoms with Gasteiger partial charge in [0, 0.05) is 6.07 Å². The summed E-state index contributed by atoms with van der Waals surface area (Å²) in [5.41, 5.74) is -0.453. The molecule has 0 aliphatic heterocycles. The van der Waals surface area contributed by atoms with E-state index in [4.69, 9.17) is 9.52 Å². The van der Waals surface area contributed by atoms with Crippen molar-refractivity contribution in [2.75, 3.05) is 0 Å². The largest absolute Gasteiger partial charge is 0.478 e. The van der Waals surface area contributed by atoms with Gasteiger partial charge in [-0.3, -0.25) is 10.1 Å². The summed E-state index contributed by atoms with van der Waals surface area (Å²) in [4.78, 5) is 25.1. The van der Waals surface area contributed by atoms with E-state index in [2.05, 4.69) is 4.98 Å². The molecule has 0 amide bonds. The summed E-state index contributed by atoms with van der Waals surface area (Å²) in [6, 6.07) is 3.85. The third kappa shape index (κ3) is 2.33. The van der Waals surface area contributed by atoms with Crippen molar-refractivity contribution in [1.82, 2.24) is 4.98 Å². The molecule has 0 atom stereocenters. The first kappa shape index (κ1) is 12.1. The molecule has 7 nitrogen and oxygen atoms in total. The number of nitro benzene ring substituents is 1. The summed E-state index contributed by atoms with van der Waals surface area (Å²) in [6.07, 6.45) is 2.68. The van der Waals surface area contributed by atoms with Crippen molar-refractivity contribution in [3.63, 3.8) is 0 Å². The number of oxazole rings is 1. The van der Waals surface area contributed by atoms with Crippen molar-refractivity contribution in [1.29, 1.82) is 0 Å². The Morgan fingerprint density at radius 2 is 2.28 bits per heavy atom. The van der Waals surface area contributed by atoms with E-state index in [1.807, 2.05) is 0 Å². The van der Waals surface area contributed by atoms with Crippen LogP contribution < -0.4 is 0 Å². The maximum absolute atomic E-state index is 11.0. The minimum absolute atomic E-state index is 0.00236. The predicted octanol–water partition coefficient (Wildman–Crippen LogP) is 2.43. The zero-order valence-electron chi connectivity index (χ0n) is 8.77. The van der Waals surface area contributed by atoms with Crippen LogP contribution in [0.4, 0.5) is 5.69 Å². The maximum atomic E-state index is 11.0. The number of rotatable bonds is 4. The normalized spacial score (nSPS) is 10.2. The molecule has 0 saturated heterocycles. The van der Waals surface area contributed by atoms with Crippen LogP contribution >= 0.6 is 11.8 Å². The highest BCUT2D eigenvalue weighted by atomic mass is 32.2. The molecular weight excluding hydrogens is 260 g/mol. The van der Waals surface area contributed by atoms with Gasteiger partial charge in [0.25, 0.3) is 10.9 Å². The second-order valence-corrected chi connectivity index (χ2v) is 4.08. The van der Waals surface area contributed by atoms with Gasteiger partial charge in [0.2, 0.25) is 0 Å². The molecule has 18 heavy (non-hydrogen) atoms. The predicted molar refractivity (Wildman–Crippen MR) is 60.7 cm³/mol. The van der Waals surface area contributed by atoms with Gasteiger partial charge in [0.05, 0.1) is 16.7 Å². The molecule has 0 aliphatic rings. The molecule has 1 aromatic heterocycles. The topological polar surface area (TPSA) is 106 Å². The smallest absolute Gasteiger partial charge is 0.337 e. The lowest BCUT2D eigenvalue weighted by Gasteiger charge is -2.03. The second-order valence-electron chi connectivity index (χ2n) is 3.12. The van der Waals surface area contributed by atoms with E-state index in [1.165, 1.54) is 30.7 Å². The summed E-state index contributed by atoms with van der Waals surface area (Å²) in [5, 5.41) is 20.0. The Balaban J connectivity index is 2.53. The van der Waals surface area contributed by atoms with E-state index in [0.29, 0.717) is 0 Å². The molecule has 8 heteroatoms. The molecule has 92 valence electrons. The molecular formula is C10H6N2O5S. The van der Waals surface area contributed by atoms with Crippen LogP contribution in [0, 0.1) is 10.1 Å². The van der Waals surface area contributed by atoms with E-state index < -0.39 is 10.9 Å². The lowest BCUT2D eigenvalue weighted by Crippen LogP contribution is -2.02. The molecule has 0 fully saturated rings. The molecule has 1 aromatic carbocycles. The number of hydrogen-bond acceptors (Lipinski definition) is 6. The number of carbonyl (C=O) groups is 1. The minimum Gasteiger partial charge on any atom is -0.478 e. The Labute approximate surface area is 105 Å². The van der Waals surface area contributed by atoms with Gasteiger partial charge in [-0.05, 0) is 17.8 Å². The van der Waals surface area contributed by atoms with Crippen LogP contribution in [0.1, 0.15) is 10.4 Å². The zero-order valence-corrected chi connectivity index (χ0v) is 9.59. The molecule has 0 unspecified atom stereocenters. The Kier molecular flexibility index (Phi) is 3.28. The summed E-state index contributed by atoms with van der Waals surface area (Å²) in [6.45, 7) is 0. The molecule has 0 spiro atoms. The number of aromatic nitrogens is 1.